The van der Waals surface area contributed by atoms with Gasteiger partial charge >= 0.3 is 0 Å². The summed E-state index contributed by atoms with van der Waals surface area (Å²) in [5.74, 6) is 2.96. The number of fused-ring (bicyclic) bond motifs is 1. The number of anilines is 1. The molecule has 9 nitrogen and oxygen atoms in total. The highest BCUT2D eigenvalue weighted by atomic mass is 15.1. The van der Waals surface area contributed by atoms with E-state index < -0.39 is 0 Å². The van der Waals surface area contributed by atoms with Crippen molar-refractivity contribution < 1.29 is 0 Å². The van der Waals surface area contributed by atoms with Gasteiger partial charge in [-0.15, -0.1) is 0 Å². The van der Waals surface area contributed by atoms with Crippen LogP contribution in [0.5, 0.6) is 0 Å². The van der Waals surface area contributed by atoms with Crippen molar-refractivity contribution in [1.82, 2.24) is 30.6 Å². The molecule has 2 aliphatic heterocycles. The predicted molar refractivity (Wildman–Crippen MR) is 157 cm³/mol. The van der Waals surface area contributed by atoms with Gasteiger partial charge in [0.15, 0.2) is 11.6 Å². The van der Waals surface area contributed by atoms with Crippen LogP contribution in [0.1, 0.15) is 63.9 Å². The molecule has 1 unspecified atom stereocenters. The maximum Gasteiger partial charge on any atom is 0.162 e. The fourth-order valence-corrected chi connectivity index (χ4v) is 5.61. The molecule has 1 saturated carbocycles. The molecule has 202 valence electrons. The monoisotopic (exact) mass is 523 g/mol. The van der Waals surface area contributed by atoms with Gasteiger partial charge < -0.3 is 21.7 Å². The molecular weight excluding hydrogens is 486 g/mol. The lowest BCUT2D eigenvalue weighted by Crippen LogP contribution is -2.49. The summed E-state index contributed by atoms with van der Waals surface area (Å²) in [6.07, 6.45) is 18.1. The molecule has 0 spiro atoms. The zero-order chi connectivity index (χ0) is 26.8. The van der Waals surface area contributed by atoms with Crippen molar-refractivity contribution in [1.29, 1.82) is 0 Å². The van der Waals surface area contributed by atoms with Gasteiger partial charge in [-0.25, -0.2) is 19.9 Å². The molecule has 5 N–H and O–H groups in total. The first kappa shape index (κ1) is 25.4. The maximum atomic E-state index is 6.23. The van der Waals surface area contributed by atoms with Crippen LogP contribution in [0.2, 0.25) is 0 Å². The lowest BCUT2D eigenvalue weighted by atomic mass is 9.78. The van der Waals surface area contributed by atoms with Crippen LogP contribution in [-0.4, -0.2) is 44.9 Å². The first-order valence-electron chi connectivity index (χ1n) is 14.0. The summed E-state index contributed by atoms with van der Waals surface area (Å²) in [6, 6.07) is 4.10. The highest BCUT2D eigenvalue weighted by Crippen LogP contribution is 2.42. The van der Waals surface area contributed by atoms with E-state index in [9.17, 15) is 0 Å². The van der Waals surface area contributed by atoms with E-state index in [2.05, 4.69) is 50.8 Å². The fraction of sp³-hybridized carbons (Fsp3) is 0.433. The van der Waals surface area contributed by atoms with Crippen molar-refractivity contribution in [2.75, 3.05) is 18.4 Å². The number of nitrogens with zero attached hydrogens (tertiary/aromatic N) is 5. The van der Waals surface area contributed by atoms with Gasteiger partial charge in [-0.3, -0.25) is 4.98 Å². The molecule has 1 saturated heterocycles. The highest BCUT2D eigenvalue weighted by Gasteiger charge is 2.33. The van der Waals surface area contributed by atoms with Crippen molar-refractivity contribution >= 4 is 28.4 Å². The molecule has 0 radical (unpaired) electrons. The first-order chi connectivity index (χ1) is 19.0. The van der Waals surface area contributed by atoms with Crippen molar-refractivity contribution in [3.63, 3.8) is 0 Å². The number of pyridine rings is 2. The quantitative estimate of drug-likeness (QED) is 0.265. The Morgan fingerprint density at radius 3 is 2.87 bits per heavy atom. The van der Waals surface area contributed by atoms with Gasteiger partial charge in [0.25, 0.3) is 0 Å². The molecule has 0 bridgehead atoms. The number of aromatic nitrogens is 4. The minimum Gasteiger partial charge on any atom is -0.384 e. The summed E-state index contributed by atoms with van der Waals surface area (Å²) in [4.78, 5) is 23.7. The number of hydrogen-bond donors (Lipinski definition) is 4. The second-order valence-electron chi connectivity index (χ2n) is 11.5. The van der Waals surface area contributed by atoms with Crippen molar-refractivity contribution in [3.8, 4) is 11.4 Å². The SMILES string of the molecule is CC1(C)CNCCC1Nc1nc(-c2ccnc(N=C(N)/C=C3/CCC=CN3)c2)nc2cncc(C3CCC3)c12. The van der Waals surface area contributed by atoms with Crippen LogP contribution < -0.4 is 21.7 Å². The van der Waals surface area contributed by atoms with E-state index >= 15 is 0 Å². The van der Waals surface area contributed by atoms with Gasteiger partial charge in [-0.1, -0.05) is 26.3 Å². The largest absolute Gasteiger partial charge is 0.384 e. The molecule has 5 heterocycles. The molecule has 1 atom stereocenters. The van der Waals surface area contributed by atoms with Crippen LogP contribution in [0.4, 0.5) is 11.6 Å². The van der Waals surface area contributed by atoms with Crippen molar-refractivity contribution in [2.24, 2.45) is 16.1 Å². The number of nitrogens with one attached hydrogen (secondary N) is 3. The number of rotatable bonds is 6. The third-order valence-electron chi connectivity index (χ3n) is 8.16. The molecular formula is C30H37N9. The van der Waals surface area contributed by atoms with Crippen LogP contribution in [0.15, 0.2) is 59.8 Å². The number of piperidine rings is 1. The topological polar surface area (TPSA) is 126 Å². The second-order valence-corrected chi connectivity index (χ2v) is 11.5. The van der Waals surface area contributed by atoms with Gasteiger partial charge in [0, 0.05) is 41.6 Å². The van der Waals surface area contributed by atoms with E-state index in [4.69, 9.17) is 15.7 Å². The smallest absolute Gasteiger partial charge is 0.162 e. The Morgan fingerprint density at radius 2 is 2.10 bits per heavy atom. The Hall–Kier alpha value is -3.85. The molecule has 9 heteroatoms. The normalized spacial score (nSPS) is 22.5. The summed E-state index contributed by atoms with van der Waals surface area (Å²) in [6.45, 7) is 6.57. The minimum atomic E-state index is 0.0902. The average Bonchev–Trinajstić information content (AvgIpc) is 2.89. The number of nitrogens with two attached hydrogens (primary N) is 1. The van der Waals surface area contributed by atoms with E-state index in [0.717, 1.165) is 60.3 Å². The van der Waals surface area contributed by atoms with Gasteiger partial charge in [-0.05, 0) is 80.0 Å². The lowest BCUT2D eigenvalue weighted by Gasteiger charge is -2.40. The van der Waals surface area contributed by atoms with E-state index in [1.54, 1.807) is 6.20 Å². The second kappa shape index (κ2) is 10.7. The Bertz CT molecular complexity index is 1450. The van der Waals surface area contributed by atoms with E-state index in [1.165, 1.54) is 24.8 Å². The molecule has 3 aromatic heterocycles. The number of hydrogen-bond acceptors (Lipinski definition) is 8. The zero-order valence-corrected chi connectivity index (χ0v) is 22.7. The van der Waals surface area contributed by atoms with Gasteiger partial charge in [0.2, 0.25) is 0 Å². The molecule has 6 rings (SSSR count). The summed E-state index contributed by atoms with van der Waals surface area (Å²) in [5.41, 5.74) is 10.3. The lowest BCUT2D eigenvalue weighted by molar-refractivity contribution is 0.236. The van der Waals surface area contributed by atoms with Crippen LogP contribution in [0.3, 0.4) is 0 Å². The Morgan fingerprint density at radius 1 is 1.21 bits per heavy atom. The van der Waals surface area contributed by atoms with E-state index in [0.29, 0.717) is 29.4 Å². The molecule has 0 amide bonds. The van der Waals surface area contributed by atoms with E-state index in [-0.39, 0.29) is 5.41 Å². The van der Waals surface area contributed by atoms with Crippen LogP contribution in [0.25, 0.3) is 22.3 Å². The Labute approximate surface area is 229 Å². The molecule has 3 aliphatic rings. The molecule has 39 heavy (non-hydrogen) atoms. The zero-order valence-electron chi connectivity index (χ0n) is 22.7. The number of allylic oxidation sites excluding steroid dienone is 2. The molecule has 1 aliphatic carbocycles. The summed E-state index contributed by atoms with van der Waals surface area (Å²) in [5, 5.41) is 11.7. The summed E-state index contributed by atoms with van der Waals surface area (Å²) in [7, 11) is 0. The third kappa shape index (κ3) is 5.49. The minimum absolute atomic E-state index is 0.0902. The van der Waals surface area contributed by atoms with Crippen LogP contribution in [-0.2, 0) is 0 Å². The van der Waals surface area contributed by atoms with Crippen LogP contribution in [0, 0.1) is 5.41 Å². The van der Waals surface area contributed by atoms with Gasteiger partial charge in [0.05, 0.1) is 11.7 Å². The third-order valence-corrected chi connectivity index (χ3v) is 8.16. The standard InChI is InChI=1S/C30H37N9/c1-30(2)18-32-12-10-24(30)37-29-27-22(19-6-5-7-19)16-33-17-23(27)36-28(39-29)20-9-13-35-26(14-20)38-25(31)15-21-8-3-4-11-34-21/h4,9,11,13-17,19,24,32,34H,3,5-8,10,12,18H2,1-2H3,(H2,31,35,38)(H,36,37,39)/b21-15-. The average molecular weight is 524 g/mol. The molecule has 2 fully saturated rings. The van der Waals surface area contributed by atoms with Gasteiger partial charge in [0.1, 0.15) is 11.7 Å². The summed E-state index contributed by atoms with van der Waals surface area (Å²) >= 11 is 0. The van der Waals surface area contributed by atoms with E-state index in [1.807, 2.05) is 36.8 Å². The van der Waals surface area contributed by atoms with Crippen molar-refractivity contribution in [2.45, 2.75) is 64.3 Å². The number of aliphatic imine (C=N–C) groups is 1. The van der Waals surface area contributed by atoms with Gasteiger partial charge in [-0.2, -0.15) is 0 Å². The predicted octanol–water partition coefficient (Wildman–Crippen LogP) is 4.92. The number of amidine groups is 1. The first-order valence-corrected chi connectivity index (χ1v) is 14.0. The van der Waals surface area contributed by atoms with Crippen molar-refractivity contribution in [3.05, 3.63) is 60.3 Å². The Kier molecular flexibility index (Phi) is 6.99. The molecule has 3 aromatic rings. The maximum absolute atomic E-state index is 6.23. The summed E-state index contributed by atoms with van der Waals surface area (Å²) < 4.78 is 0. The fourth-order valence-electron chi connectivity index (χ4n) is 5.61. The van der Waals surface area contributed by atoms with Crippen LogP contribution >= 0.6 is 0 Å². The molecule has 0 aromatic carbocycles. The Balaban J connectivity index is 1.39. The highest BCUT2D eigenvalue weighted by molar-refractivity contribution is 5.94.